The summed E-state index contributed by atoms with van der Waals surface area (Å²) in [5, 5.41) is 10.6. The summed E-state index contributed by atoms with van der Waals surface area (Å²) in [5.41, 5.74) is 2.57. The molecule has 1 aliphatic heterocycles. The van der Waals surface area contributed by atoms with E-state index in [-0.39, 0.29) is 17.2 Å². The lowest BCUT2D eigenvalue weighted by Gasteiger charge is -2.35. The number of benzene rings is 2. The van der Waals surface area contributed by atoms with Crippen LogP contribution in [0.2, 0.25) is 5.02 Å². The van der Waals surface area contributed by atoms with Crippen molar-refractivity contribution in [2.75, 3.05) is 11.4 Å². The molecule has 24 heavy (non-hydrogen) atoms. The first-order chi connectivity index (χ1) is 11.5. The van der Waals surface area contributed by atoms with Crippen LogP contribution in [0.3, 0.4) is 0 Å². The van der Waals surface area contributed by atoms with Crippen LogP contribution < -0.4 is 10.3 Å². The van der Waals surface area contributed by atoms with Gasteiger partial charge in [-0.3, -0.25) is 4.79 Å². The molecule has 2 aromatic carbocycles. The Kier molecular flexibility index (Phi) is 3.50. The Hall–Kier alpha value is -2.46. The molecule has 1 aromatic heterocycles. The van der Waals surface area contributed by atoms with Crippen molar-refractivity contribution in [3.63, 3.8) is 0 Å². The van der Waals surface area contributed by atoms with Gasteiger partial charge in [0.05, 0.1) is 16.5 Å². The summed E-state index contributed by atoms with van der Waals surface area (Å²) in [4.78, 5) is 14.5. The number of hydrogen-bond donors (Lipinski definition) is 1. The van der Waals surface area contributed by atoms with Crippen molar-refractivity contribution >= 4 is 28.5 Å². The van der Waals surface area contributed by atoms with Gasteiger partial charge in [-0.15, -0.1) is 0 Å². The number of phenolic OH excluding ortho intramolecular Hbond substituents is 1. The third-order valence-electron chi connectivity index (χ3n) is 4.64. The molecule has 122 valence electrons. The highest BCUT2D eigenvalue weighted by atomic mass is 35.5. The lowest BCUT2D eigenvalue weighted by Crippen LogP contribution is -2.34. The van der Waals surface area contributed by atoms with Gasteiger partial charge in [0.25, 0.3) is 0 Å². The second kappa shape index (κ2) is 5.56. The summed E-state index contributed by atoms with van der Waals surface area (Å²) in [6.07, 6.45) is 0.776. The van der Waals surface area contributed by atoms with Crippen LogP contribution in [-0.2, 0) is 6.42 Å². The highest BCUT2D eigenvalue weighted by Crippen LogP contribution is 2.36. The van der Waals surface area contributed by atoms with E-state index in [0.717, 1.165) is 17.5 Å². The van der Waals surface area contributed by atoms with E-state index >= 15 is 0 Å². The second-order valence-electron chi connectivity index (χ2n) is 6.07. The van der Waals surface area contributed by atoms with Crippen LogP contribution in [0.25, 0.3) is 11.0 Å². The van der Waals surface area contributed by atoms with Crippen molar-refractivity contribution in [3.05, 3.63) is 68.8 Å². The Morgan fingerprint density at radius 2 is 2.08 bits per heavy atom. The van der Waals surface area contributed by atoms with Crippen molar-refractivity contribution in [2.45, 2.75) is 19.4 Å². The first-order valence-electron chi connectivity index (χ1n) is 7.85. The molecule has 2 heterocycles. The van der Waals surface area contributed by atoms with Gasteiger partial charge in [-0.25, -0.2) is 0 Å². The van der Waals surface area contributed by atoms with E-state index in [4.69, 9.17) is 16.0 Å². The van der Waals surface area contributed by atoms with Crippen LogP contribution in [0.15, 0.2) is 51.7 Å². The molecular formula is C19H16ClNO3. The van der Waals surface area contributed by atoms with Crippen LogP contribution in [0.1, 0.15) is 24.1 Å². The topological polar surface area (TPSA) is 53.7 Å². The number of hydrogen-bond acceptors (Lipinski definition) is 4. The molecule has 3 aromatic rings. The number of fused-ring (bicyclic) bond motifs is 2. The van der Waals surface area contributed by atoms with E-state index in [9.17, 15) is 9.90 Å². The predicted molar refractivity (Wildman–Crippen MR) is 95.1 cm³/mol. The van der Waals surface area contributed by atoms with Crippen molar-refractivity contribution in [1.29, 1.82) is 0 Å². The number of nitrogens with zero attached hydrogens (tertiary/aromatic N) is 1. The summed E-state index contributed by atoms with van der Waals surface area (Å²) in [5.74, 6) is 0.797. The van der Waals surface area contributed by atoms with Crippen LogP contribution in [0, 0.1) is 0 Å². The fourth-order valence-electron chi connectivity index (χ4n) is 3.39. The van der Waals surface area contributed by atoms with Crippen LogP contribution in [0.4, 0.5) is 5.88 Å². The average Bonchev–Trinajstić information content (AvgIpc) is 2.56. The minimum absolute atomic E-state index is 0.0393. The summed E-state index contributed by atoms with van der Waals surface area (Å²) < 4.78 is 5.97. The van der Waals surface area contributed by atoms with E-state index < -0.39 is 0 Å². The predicted octanol–water partition coefficient (Wildman–Crippen LogP) is 4.28. The molecule has 1 aliphatic rings. The Labute approximate surface area is 143 Å². The number of para-hydroxylation sites is 1. The molecule has 1 N–H and O–H groups in total. The first kappa shape index (κ1) is 15.1. The lowest BCUT2D eigenvalue weighted by atomic mass is 9.93. The van der Waals surface area contributed by atoms with E-state index in [2.05, 4.69) is 11.8 Å². The average molecular weight is 342 g/mol. The van der Waals surface area contributed by atoms with Gasteiger partial charge in [-0.2, -0.15) is 0 Å². The number of anilines is 1. The molecule has 4 nitrogen and oxygen atoms in total. The minimum Gasteiger partial charge on any atom is -0.508 e. The summed E-state index contributed by atoms with van der Waals surface area (Å²) >= 11 is 6.20. The zero-order valence-corrected chi connectivity index (χ0v) is 13.9. The number of phenols is 1. The molecule has 0 spiro atoms. The van der Waals surface area contributed by atoms with Gasteiger partial charge in [0.15, 0.2) is 11.0 Å². The zero-order chi connectivity index (χ0) is 16.8. The van der Waals surface area contributed by atoms with Gasteiger partial charge in [-0.1, -0.05) is 23.7 Å². The second-order valence-corrected chi connectivity index (χ2v) is 6.48. The summed E-state index contributed by atoms with van der Waals surface area (Å²) in [7, 11) is 0. The van der Waals surface area contributed by atoms with Gasteiger partial charge in [0.2, 0.25) is 5.88 Å². The maximum atomic E-state index is 12.4. The maximum absolute atomic E-state index is 12.4. The van der Waals surface area contributed by atoms with E-state index in [1.165, 1.54) is 6.07 Å². The Morgan fingerprint density at radius 3 is 2.92 bits per heavy atom. The zero-order valence-electron chi connectivity index (χ0n) is 13.1. The fraction of sp³-hybridized carbons (Fsp3) is 0.211. The maximum Gasteiger partial charge on any atom is 0.200 e. The Bertz CT molecular complexity index is 996. The van der Waals surface area contributed by atoms with E-state index in [1.807, 2.05) is 6.07 Å². The fourth-order valence-corrected chi connectivity index (χ4v) is 3.60. The molecule has 1 unspecified atom stereocenters. The SMILES string of the molecule is CC1c2ccc(O)cc2CCN1c1cc(=O)c2cccc(Cl)c2o1. The summed E-state index contributed by atoms with van der Waals surface area (Å²) in [6, 6.07) is 12.2. The van der Waals surface area contributed by atoms with Crippen LogP contribution in [0.5, 0.6) is 5.75 Å². The molecule has 0 saturated carbocycles. The molecule has 5 heteroatoms. The normalized spacial score (nSPS) is 17.1. The van der Waals surface area contributed by atoms with Crippen LogP contribution in [-0.4, -0.2) is 11.7 Å². The monoisotopic (exact) mass is 341 g/mol. The molecule has 0 aliphatic carbocycles. The molecule has 0 fully saturated rings. The lowest BCUT2D eigenvalue weighted by molar-refractivity contribution is 0.471. The summed E-state index contributed by atoms with van der Waals surface area (Å²) in [6.45, 7) is 2.77. The van der Waals surface area contributed by atoms with E-state index in [0.29, 0.717) is 28.4 Å². The molecule has 4 rings (SSSR count). The molecule has 0 saturated heterocycles. The smallest absolute Gasteiger partial charge is 0.200 e. The quantitative estimate of drug-likeness (QED) is 0.718. The number of aromatic hydroxyl groups is 1. The van der Waals surface area contributed by atoms with Gasteiger partial charge in [0, 0.05) is 12.6 Å². The highest BCUT2D eigenvalue weighted by molar-refractivity contribution is 6.34. The highest BCUT2D eigenvalue weighted by Gasteiger charge is 2.26. The van der Waals surface area contributed by atoms with Crippen molar-refractivity contribution in [2.24, 2.45) is 0 Å². The Balaban J connectivity index is 1.82. The number of halogens is 1. The molecular weight excluding hydrogens is 326 g/mol. The van der Waals surface area contributed by atoms with Crippen LogP contribution >= 0.6 is 11.6 Å². The van der Waals surface area contributed by atoms with Crippen molar-refractivity contribution in [1.82, 2.24) is 0 Å². The minimum atomic E-state index is -0.0996. The van der Waals surface area contributed by atoms with Gasteiger partial charge in [-0.05, 0) is 48.7 Å². The van der Waals surface area contributed by atoms with Crippen molar-refractivity contribution < 1.29 is 9.52 Å². The van der Waals surface area contributed by atoms with Gasteiger partial charge >= 0.3 is 0 Å². The number of rotatable bonds is 1. The van der Waals surface area contributed by atoms with Gasteiger partial charge < -0.3 is 14.4 Å². The van der Waals surface area contributed by atoms with Crippen molar-refractivity contribution in [3.8, 4) is 5.75 Å². The molecule has 0 bridgehead atoms. The Morgan fingerprint density at radius 1 is 1.25 bits per heavy atom. The molecule has 0 amide bonds. The largest absolute Gasteiger partial charge is 0.508 e. The van der Waals surface area contributed by atoms with Gasteiger partial charge in [0.1, 0.15) is 5.75 Å². The van der Waals surface area contributed by atoms with E-state index in [1.54, 1.807) is 30.3 Å². The molecule has 1 atom stereocenters. The standard InChI is InChI=1S/C19H16ClNO3/c1-11-14-6-5-13(22)9-12(14)7-8-21(11)18-10-17(23)15-3-2-4-16(20)19(15)24-18/h2-6,9-11,22H,7-8H2,1H3. The third kappa shape index (κ3) is 2.34. The third-order valence-corrected chi connectivity index (χ3v) is 4.94. The first-order valence-corrected chi connectivity index (χ1v) is 8.23. The molecule has 0 radical (unpaired) electrons.